The summed E-state index contributed by atoms with van der Waals surface area (Å²) in [7, 11) is 0. The van der Waals surface area contributed by atoms with Crippen molar-refractivity contribution in [2.75, 3.05) is 5.73 Å². The van der Waals surface area contributed by atoms with Gasteiger partial charge in [0.2, 0.25) is 0 Å². The lowest BCUT2D eigenvalue weighted by Gasteiger charge is -2.14. The molecule has 0 aliphatic heterocycles. The van der Waals surface area contributed by atoms with Crippen LogP contribution < -0.4 is 11.1 Å². The lowest BCUT2D eigenvalue weighted by molar-refractivity contribution is -0.136. The second-order valence-corrected chi connectivity index (χ2v) is 5.48. The zero-order valence-corrected chi connectivity index (χ0v) is 10.6. The lowest BCUT2D eigenvalue weighted by Crippen LogP contribution is -2.29. The molecule has 1 aliphatic rings. The Morgan fingerprint density at radius 3 is 2.47 bits per heavy atom. The summed E-state index contributed by atoms with van der Waals surface area (Å²) in [4.78, 5) is 11.9. The maximum absolute atomic E-state index is 12.7. The lowest BCUT2D eigenvalue weighted by atomic mass is 10.1. The van der Waals surface area contributed by atoms with E-state index in [4.69, 9.17) is 5.73 Å². The number of hydrogen-bond donors (Lipinski definition) is 2. The van der Waals surface area contributed by atoms with Crippen LogP contribution in [0.1, 0.15) is 36.2 Å². The molecule has 0 radical (unpaired) electrons. The number of benzene rings is 1. The van der Waals surface area contributed by atoms with Crippen LogP contribution in [-0.4, -0.2) is 11.9 Å². The van der Waals surface area contributed by atoms with E-state index in [0.717, 1.165) is 12.5 Å². The molecule has 1 aromatic rings. The minimum absolute atomic E-state index is 0.00561. The number of rotatable bonds is 2. The van der Waals surface area contributed by atoms with Crippen LogP contribution in [0.3, 0.4) is 0 Å². The Bertz CT molecular complexity index is 523. The van der Waals surface area contributed by atoms with E-state index >= 15 is 0 Å². The summed E-state index contributed by atoms with van der Waals surface area (Å²) < 4.78 is 38.0. The predicted octanol–water partition coefficient (Wildman–Crippen LogP) is 2.82. The average Bonchev–Trinajstić information content (AvgIpc) is 2.84. The molecule has 19 heavy (non-hydrogen) atoms. The van der Waals surface area contributed by atoms with Crippen molar-refractivity contribution in [1.29, 1.82) is 0 Å². The van der Waals surface area contributed by atoms with Crippen LogP contribution in [0.4, 0.5) is 18.9 Å². The number of para-hydroxylation sites is 1. The van der Waals surface area contributed by atoms with Crippen molar-refractivity contribution in [2.45, 2.75) is 32.5 Å². The molecule has 0 heterocycles. The number of anilines is 1. The van der Waals surface area contributed by atoms with Crippen molar-refractivity contribution in [3.05, 3.63) is 29.3 Å². The third-order valence-corrected chi connectivity index (χ3v) is 3.47. The molecule has 1 unspecified atom stereocenters. The number of carbonyl (C=O) groups excluding carboxylic acids is 1. The molecule has 1 amide bonds. The standard InChI is InChI=1S/C13H15F3N2O/c1-12(2)6-9(12)18-11(19)7-4-3-5-8(10(7)17)13(14,15)16/h3-5,9H,6,17H2,1-2H3,(H,18,19). The summed E-state index contributed by atoms with van der Waals surface area (Å²) >= 11 is 0. The molecular weight excluding hydrogens is 257 g/mol. The number of carbonyl (C=O) groups is 1. The quantitative estimate of drug-likeness (QED) is 0.813. The Kier molecular flexibility index (Phi) is 2.99. The third-order valence-electron chi connectivity index (χ3n) is 3.47. The van der Waals surface area contributed by atoms with E-state index in [1.54, 1.807) is 0 Å². The summed E-state index contributed by atoms with van der Waals surface area (Å²) in [6.07, 6.45) is -3.74. The van der Waals surface area contributed by atoms with Gasteiger partial charge in [-0.25, -0.2) is 0 Å². The molecule has 1 atom stereocenters. The number of hydrogen-bond acceptors (Lipinski definition) is 2. The first-order valence-corrected chi connectivity index (χ1v) is 5.89. The van der Waals surface area contributed by atoms with Gasteiger partial charge in [-0.1, -0.05) is 19.9 Å². The van der Waals surface area contributed by atoms with Crippen LogP contribution in [0.5, 0.6) is 0 Å². The topological polar surface area (TPSA) is 55.1 Å². The zero-order valence-electron chi connectivity index (χ0n) is 10.6. The van der Waals surface area contributed by atoms with Crippen LogP contribution in [0.15, 0.2) is 18.2 Å². The Labute approximate surface area is 109 Å². The van der Waals surface area contributed by atoms with Gasteiger partial charge in [0.25, 0.3) is 5.91 Å². The highest BCUT2D eigenvalue weighted by Gasteiger charge is 2.46. The SMILES string of the molecule is CC1(C)CC1NC(=O)c1cccc(C(F)(F)F)c1N. The molecule has 6 heteroatoms. The van der Waals surface area contributed by atoms with Crippen LogP contribution in [0.2, 0.25) is 0 Å². The molecule has 2 rings (SSSR count). The van der Waals surface area contributed by atoms with Crippen molar-refractivity contribution >= 4 is 11.6 Å². The maximum atomic E-state index is 12.7. The van der Waals surface area contributed by atoms with E-state index in [1.807, 2.05) is 13.8 Å². The fourth-order valence-corrected chi connectivity index (χ4v) is 1.96. The van der Waals surface area contributed by atoms with Gasteiger partial charge in [0.15, 0.2) is 0 Å². The fourth-order valence-electron chi connectivity index (χ4n) is 1.96. The van der Waals surface area contributed by atoms with Crippen LogP contribution in [-0.2, 0) is 6.18 Å². The van der Waals surface area contributed by atoms with E-state index in [0.29, 0.717) is 0 Å². The summed E-state index contributed by atoms with van der Waals surface area (Å²) in [6, 6.07) is 3.35. The first kappa shape index (κ1) is 13.7. The van der Waals surface area contributed by atoms with Crippen LogP contribution in [0.25, 0.3) is 0 Å². The predicted molar refractivity (Wildman–Crippen MR) is 65.5 cm³/mol. The van der Waals surface area contributed by atoms with Gasteiger partial charge in [-0.05, 0) is 24.0 Å². The highest BCUT2D eigenvalue weighted by molar-refractivity contribution is 6.00. The molecule has 0 bridgehead atoms. The molecule has 0 spiro atoms. The van der Waals surface area contributed by atoms with Crippen molar-refractivity contribution < 1.29 is 18.0 Å². The van der Waals surface area contributed by atoms with Gasteiger partial charge in [0.1, 0.15) is 0 Å². The molecule has 0 saturated heterocycles. The van der Waals surface area contributed by atoms with E-state index < -0.39 is 23.3 Å². The Hall–Kier alpha value is -1.72. The number of nitrogen functional groups attached to an aromatic ring is 1. The summed E-state index contributed by atoms with van der Waals surface area (Å²) in [5, 5.41) is 2.69. The number of halogens is 3. The van der Waals surface area contributed by atoms with E-state index in [1.165, 1.54) is 12.1 Å². The average molecular weight is 272 g/mol. The normalized spacial score (nSPS) is 21.0. The minimum Gasteiger partial charge on any atom is -0.398 e. The molecule has 3 nitrogen and oxygen atoms in total. The Balaban J connectivity index is 2.23. The van der Waals surface area contributed by atoms with Crippen molar-refractivity contribution in [3.8, 4) is 0 Å². The molecule has 3 N–H and O–H groups in total. The zero-order chi connectivity index (χ0) is 14.4. The smallest absolute Gasteiger partial charge is 0.398 e. The van der Waals surface area contributed by atoms with Crippen molar-refractivity contribution in [1.82, 2.24) is 5.32 Å². The Morgan fingerprint density at radius 2 is 2.00 bits per heavy atom. The van der Waals surface area contributed by atoms with Gasteiger partial charge in [0.05, 0.1) is 16.8 Å². The second-order valence-electron chi connectivity index (χ2n) is 5.48. The molecular formula is C13H15F3N2O. The van der Waals surface area contributed by atoms with E-state index in [2.05, 4.69) is 5.32 Å². The Morgan fingerprint density at radius 1 is 1.42 bits per heavy atom. The first-order chi connectivity index (χ1) is 8.63. The molecule has 1 aliphatic carbocycles. The minimum atomic E-state index is -4.56. The maximum Gasteiger partial charge on any atom is 0.418 e. The van der Waals surface area contributed by atoms with Gasteiger partial charge in [-0.15, -0.1) is 0 Å². The molecule has 1 aromatic carbocycles. The second kappa shape index (κ2) is 4.15. The highest BCUT2D eigenvalue weighted by atomic mass is 19.4. The van der Waals surface area contributed by atoms with Crippen LogP contribution >= 0.6 is 0 Å². The van der Waals surface area contributed by atoms with Gasteiger partial charge >= 0.3 is 6.18 Å². The van der Waals surface area contributed by atoms with E-state index in [-0.39, 0.29) is 17.0 Å². The monoisotopic (exact) mass is 272 g/mol. The number of nitrogens with two attached hydrogens (primary N) is 1. The van der Waals surface area contributed by atoms with Gasteiger partial charge < -0.3 is 11.1 Å². The third kappa shape index (κ3) is 2.67. The number of nitrogens with one attached hydrogen (secondary N) is 1. The first-order valence-electron chi connectivity index (χ1n) is 5.89. The van der Waals surface area contributed by atoms with Crippen LogP contribution in [0, 0.1) is 5.41 Å². The number of alkyl halides is 3. The molecule has 104 valence electrons. The number of amides is 1. The molecule has 1 saturated carbocycles. The molecule has 0 aromatic heterocycles. The van der Waals surface area contributed by atoms with Gasteiger partial charge in [-0.2, -0.15) is 13.2 Å². The van der Waals surface area contributed by atoms with Crippen molar-refractivity contribution in [2.24, 2.45) is 5.41 Å². The highest BCUT2D eigenvalue weighted by Crippen LogP contribution is 2.45. The van der Waals surface area contributed by atoms with Gasteiger partial charge in [0, 0.05) is 6.04 Å². The molecule has 1 fully saturated rings. The summed E-state index contributed by atoms with van der Waals surface area (Å²) in [6.45, 7) is 3.96. The summed E-state index contributed by atoms with van der Waals surface area (Å²) in [5.74, 6) is -0.556. The summed E-state index contributed by atoms with van der Waals surface area (Å²) in [5.41, 5.74) is 3.83. The van der Waals surface area contributed by atoms with Crippen molar-refractivity contribution in [3.63, 3.8) is 0 Å². The largest absolute Gasteiger partial charge is 0.418 e. The van der Waals surface area contributed by atoms with Gasteiger partial charge in [-0.3, -0.25) is 4.79 Å². The van der Waals surface area contributed by atoms with E-state index in [9.17, 15) is 18.0 Å². The fraction of sp³-hybridized carbons (Fsp3) is 0.462.